The molecule has 8 heteroatoms. The third kappa shape index (κ3) is 2.53. The number of nitrogens with zero attached hydrogens (tertiary/aromatic N) is 5. The molecule has 0 unspecified atom stereocenters. The molecule has 0 N–H and O–H groups in total. The van der Waals surface area contributed by atoms with E-state index in [1.54, 1.807) is 16.8 Å². The fourth-order valence-corrected chi connectivity index (χ4v) is 5.86. The van der Waals surface area contributed by atoms with E-state index < -0.39 is 0 Å². The fraction of sp³-hybridized carbons (Fsp3) is 0.667. The highest BCUT2D eigenvalue weighted by molar-refractivity contribution is 7.13. The predicted molar refractivity (Wildman–Crippen MR) is 97.7 cm³/mol. The van der Waals surface area contributed by atoms with Crippen LogP contribution in [0.3, 0.4) is 0 Å². The van der Waals surface area contributed by atoms with Crippen molar-refractivity contribution in [2.45, 2.75) is 37.8 Å². The van der Waals surface area contributed by atoms with Crippen molar-refractivity contribution in [3.05, 3.63) is 17.7 Å². The van der Waals surface area contributed by atoms with E-state index in [4.69, 9.17) is 0 Å². The Balaban J connectivity index is 1.48. The second-order valence-corrected chi connectivity index (χ2v) is 8.61. The Labute approximate surface area is 156 Å². The molecule has 3 saturated heterocycles. The molecule has 3 fully saturated rings. The van der Waals surface area contributed by atoms with Crippen LogP contribution in [0, 0.1) is 11.8 Å². The van der Waals surface area contributed by atoms with Crippen molar-refractivity contribution in [1.29, 1.82) is 0 Å². The lowest BCUT2D eigenvalue weighted by Crippen LogP contribution is -2.68. The van der Waals surface area contributed by atoms with E-state index in [0.717, 1.165) is 37.5 Å². The normalized spacial score (nSPS) is 33.5. The van der Waals surface area contributed by atoms with Crippen LogP contribution in [-0.4, -0.2) is 70.1 Å². The number of rotatable bonds is 2. The second-order valence-electron chi connectivity index (χ2n) is 7.80. The average molecular weight is 373 g/mol. The van der Waals surface area contributed by atoms with Crippen molar-refractivity contribution in [2.24, 2.45) is 11.8 Å². The Kier molecular flexibility index (Phi) is 3.95. The lowest BCUT2D eigenvalue weighted by atomic mass is 9.71. The van der Waals surface area contributed by atoms with Crippen LogP contribution in [0.2, 0.25) is 0 Å². The third-order valence-corrected chi connectivity index (χ3v) is 7.09. The van der Waals surface area contributed by atoms with Gasteiger partial charge in [0.1, 0.15) is 11.6 Å². The van der Waals surface area contributed by atoms with Gasteiger partial charge in [0, 0.05) is 44.6 Å². The Morgan fingerprint density at radius 1 is 1.19 bits per heavy atom. The topological polar surface area (TPSA) is 69.6 Å². The van der Waals surface area contributed by atoms with Gasteiger partial charge in [-0.2, -0.15) is 0 Å². The van der Waals surface area contributed by atoms with Gasteiger partial charge in [0.25, 0.3) is 0 Å². The van der Waals surface area contributed by atoms with Crippen LogP contribution in [0.15, 0.2) is 17.7 Å². The summed E-state index contributed by atoms with van der Waals surface area (Å²) in [6, 6.07) is -0.132. The zero-order chi connectivity index (χ0) is 17.7. The third-order valence-electron chi connectivity index (χ3n) is 6.34. The van der Waals surface area contributed by atoms with Gasteiger partial charge in [0.2, 0.25) is 16.9 Å². The highest BCUT2D eigenvalue weighted by Crippen LogP contribution is 2.43. The Morgan fingerprint density at radius 2 is 2.00 bits per heavy atom. The van der Waals surface area contributed by atoms with E-state index in [1.165, 1.54) is 0 Å². The van der Waals surface area contributed by atoms with Crippen molar-refractivity contribution in [3.8, 4) is 0 Å². The minimum absolute atomic E-state index is 0.123. The molecule has 2 bridgehead atoms. The summed E-state index contributed by atoms with van der Waals surface area (Å²) in [5.74, 6) is 0.885. The maximum Gasteiger partial charge on any atom is 0.246 e. The Morgan fingerprint density at radius 3 is 2.77 bits per heavy atom. The van der Waals surface area contributed by atoms with Crippen LogP contribution in [-0.2, 0) is 9.59 Å². The van der Waals surface area contributed by atoms with E-state index in [1.807, 2.05) is 22.0 Å². The van der Waals surface area contributed by atoms with Gasteiger partial charge in [-0.15, -0.1) is 10.2 Å². The van der Waals surface area contributed by atoms with Gasteiger partial charge in [-0.05, 0) is 25.2 Å². The van der Waals surface area contributed by atoms with Crippen LogP contribution >= 0.6 is 11.3 Å². The number of hydrogen-bond acceptors (Lipinski definition) is 6. The van der Waals surface area contributed by atoms with Crippen LogP contribution in [0.1, 0.15) is 25.7 Å². The molecule has 0 radical (unpaired) electrons. The van der Waals surface area contributed by atoms with Gasteiger partial charge in [-0.25, -0.2) is 0 Å². The molecule has 0 aromatic carbocycles. The molecule has 1 aromatic heterocycles. The number of carbonyl (C=O) groups excluding carboxylic acids is 2. The highest BCUT2D eigenvalue weighted by Gasteiger charge is 2.53. The molecule has 5 heterocycles. The standard InChI is InChI=1S/C18H23N5O2S/c24-15-5-3-4-14-12-8-13(10-22(9-12)18-20-19-11-26-18)16(23(14)15)17(25)21-6-1-2-7-21/h1-2,11-14,16H,3-10H2/t12-,13+,14+,16-/m1/s1. The summed E-state index contributed by atoms with van der Waals surface area (Å²) in [7, 11) is 0. The maximum absolute atomic E-state index is 13.3. The lowest BCUT2D eigenvalue weighted by Gasteiger charge is -2.56. The minimum Gasteiger partial charge on any atom is -0.346 e. The maximum atomic E-state index is 13.3. The molecule has 1 aromatic rings. The first-order valence-corrected chi connectivity index (χ1v) is 10.4. The highest BCUT2D eigenvalue weighted by atomic mass is 32.1. The molecule has 0 spiro atoms. The zero-order valence-electron chi connectivity index (χ0n) is 14.7. The van der Waals surface area contributed by atoms with Crippen molar-refractivity contribution >= 4 is 28.3 Å². The summed E-state index contributed by atoms with van der Waals surface area (Å²) >= 11 is 1.55. The first kappa shape index (κ1) is 16.2. The van der Waals surface area contributed by atoms with Gasteiger partial charge in [0.15, 0.2) is 0 Å². The predicted octanol–water partition coefficient (Wildman–Crippen LogP) is 1.14. The molecular formula is C18H23N5O2S. The average Bonchev–Trinajstić information content (AvgIpc) is 3.36. The molecule has 138 valence electrons. The van der Waals surface area contributed by atoms with Gasteiger partial charge < -0.3 is 14.7 Å². The van der Waals surface area contributed by atoms with E-state index in [-0.39, 0.29) is 29.8 Å². The SMILES string of the molecule is O=C([C@H]1[C@H]2C[C@H](CN(c3nncs3)C2)[C@@H]2CCCC(=O)N21)N1CC=CC1. The number of aromatic nitrogens is 2. The largest absolute Gasteiger partial charge is 0.346 e. The first-order valence-electron chi connectivity index (χ1n) is 9.48. The molecule has 4 atom stereocenters. The van der Waals surface area contributed by atoms with Crippen molar-refractivity contribution in [1.82, 2.24) is 20.0 Å². The minimum atomic E-state index is -0.320. The smallest absolute Gasteiger partial charge is 0.246 e. The molecule has 26 heavy (non-hydrogen) atoms. The Bertz CT molecular complexity index is 728. The number of anilines is 1. The quantitative estimate of drug-likeness (QED) is 0.727. The summed E-state index contributed by atoms with van der Waals surface area (Å²) in [6.45, 7) is 3.02. The molecule has 7 nitrogen and oxygen atoms in total. The van der Waals surface area contributed by atoms with Crippen molar-refractivity contribution < 1.29 is 9.59 Å². The van der Waals surface area contributed by atoms with Crippen molar-refractivity contribution in [2.75, 3.05) is 31.1 Å². The van der Waals surface area contributed by atoms with E-state index in [0.29, 0.717) is 25.4 Å². The van der Waals surface area contributed by atoms with Gasteiger partial charge in [0.05, 0.1) is 0 Å². The van der Waals surface area contributed by atoms with Gasteiger partial charge in [-0.3, -0.25) is 9.59 Å². The van der Waals surface area contributed by atoms with Crippen LogP contribution in [0.4, 0.5) is 5.13 Å². The Hall–Kier alpha value is -1.96. The fourth-order valence-electron chi connectivity index (χ4n) is 5.28. The van der Waals surface area contributed by atoms with Crippen LogP contribution in [0.5, 0.6) is 0 Å². The summed E-state index contributed by atoms with van der Waals surface area (Å²) in [5, 5.41) is 9.16. The number of amides is 2. The van der Waals surface area contributed by atoms with Crippen molar-refractivity contribution in [3.63, 3.8) is 0 Å². The van der Waals surface area contributed by atoms with Gasteiger partial charge in [-0.1, -0.05) is 23.5 Å². The lowest BCUT2D eigenvalue weighted by molar-refractivity contribution is -0.160. The van der Waals surface area contributed by atoms with E-state index in [9.17, 15) is 9.59 Å². The van der Waals surface area contributed by atoms with Crippen LogP contribution < -0.4 is 4.90 Å². The summed E-state index contributed by atoms with van der Waals surface area (Å²) in [4.78, 5) is 32.3. The first-order chi connectivity index (χ1) is 12.7. The van der Waals surface area contributed by atoms with E-state index >= 15 is 0 Å². The molecule has 4 aliphatic heterocycles. The molecular weight excluding hydrogens is 350 g/mol. The number of hydrogen-bond donors (Lipinski definition) is 0. The molecule has 2 amide bonds. The zero-order valence-corrected chi connectivity index (χ0v) is 15.5. The van der Waals surface area contributed by atoms with Gasteiger partial charge >= 0.3 is 0 Å². The summed E-state index contributed by atoms with van der Waals surface area (Å²) in [5.41, 5.74) is 1.76. The number of carbonyl (C=O) groups is 2. The summed E-state index contributed by atoms with van der Waals surface area (Å²) < 4.78 is 0. The van der Waals surface area contributed by atoms with E-state index in [2.05, 4.69) is 15.1 Å². The number of fused-ring (bicyclic) bond motifs is 4. The summed E-state index contributed by atoms with van der Waals surface area (Å²) in [6.07, 6.45) is 7.63. The number of piperidine rings is 3. The molecule has 4 aliphatic rings. The van der Waals surface area contributed by atoms with Crippen LogP contribution in [0.25, 0.3) is 0 Å². The molecule has 0 aliphatic carbocycles. The molecule has 0 saturated carbocycles. The monoisotopic (exact) mass is 373 g/mol. The molecule has 5 rings (SSSR count). The second kappa shape index (κ2) is 6.33.